The number of benzene rings is 1. The van der Waals surface area contributed by atoms with E-state index in [9.17, 15) is 13.2 Å². The quantitative estimate of drug-likeness (QED) is 0.573. The molecule has 0 aliphatic carbocycles. The molecule has 1 aromatic carbocycles. The number of nitrogens with zero attached hydrogens (tertiary/aromatic N) is 2. The van der Waals surface area contributed by atoms with E-state index in [2.05, 4.69) is 9.82 Å². The summed E-state index contributed by atoms with van der Waals surface area (Å²) in [5, 5.41) is 6.31. The van der Waals surface area contributed by atoms with Gasteiger partial charge in [0.1, 0.15) is 18.9 Å². The minimum absolute atomic E-state index is 0.108. The minimum atomic E-state index is -3.69. The molecule has 29 heavy (non-hydrogen) atoms. The summed E-state index contributed by atoms with van der Waals surface area (Å²) in [6, 6.07) is 11.5. The number of fused-ring (bicyclic) bond motifs is 1. The van der Waals surface area contributed by atoms with Gasteiger partial charge >= 0.3 is 0 Å². The summed E-state index contributed by atoms with van der Waals surface area (Å²) in [5.41, 5.74) is 0.497. The lowest BCUT2D eigenvalue weighted by Crippen LogP contribution is -2.28. The van der Waals surface area contributed by atoms with Gasteiger partial charge < -0.3 is 9.47 Å². The van der Waals surface area contributed by atoms with Crippen molar-refractivity contribution in [1.82, 2.24) is 14.5 Å². The van der Waals surface area contributed by atoms with Crippen molar-refractivity contribution in [2.75, 3.05) is 19.8 Å². The fraction of sp³-hybridized carbons (Fsp3) is 0.263. The van der Waals surface area contributed by atoms with E-state index in [1.54, 1.807) is 23.5 Å². The zero-order chi connectivity index (χ0) is 20.3. The molecule has 0 saturated carbocycles. The SMILES string of the molecule is O=c1ccc(-c2cccs2)nn1CCCNS(=O)(=O)c1ccc2c(c1)OCCO2. The van der Waals surface area contributed by atoms with Crippen LogP contribution < -0.4 is 19.8 Å². The van der Waals surface area contributed by atoms with Gasteiger partial charge in [-0.1, -0.05) is 6.07 Å². The molecule has 152 valence electrons. The van der Waals surface area contributed by atoms with Crippen LogP contribution in [0.1, 0.15) is 6.42 Å². The van der Waals surface area contributed by atoms with Crippen LogP contribution in [0.15, 0.2) is 57.5 Å². The fourth-order valence-corrected chi connectivity index (χ4v) is 4.65. The van der Waals surface area contributed by atoms with Crippen LogP contribution in [-0.4, -0.2) is 38.0 Å². The monoisotopic (exact) mass is 433 g/mol. The number of hydrogen-bond acceptors (Lipinski definition) is 7. The molecular formula is C19H19N3O5S2. The lowest BCUT2D eigenvalue weighted by atomic mass is 10.3. The zero-order valence-electron chi connectivity index (χ0n) is 15.4. The number of nitrogens with one attached hydrogen (secondary N) is 1. The largest absolute Gasteiger partial charge is 0.486 e. The number of rotatable bonds is 7. The van der Waals surface area contributed by atoms with E-state index >= 15 is 0 Å². The maximum Gasteiger partial charge on any atom is 0.266 e. The van der Waals surface area contributed by atoms with Crippen molar-refractivity contribution < 1.29 is 17.9 Å². The fourth-order valence-electron chi connectivity index (χ4n) is 2.87. The summed E-state index contributed by atoms with van der Waals surface area (Å²) in [7, 11) is -3.69. The molecule has 0 amide bonds. The zero-order valence-corrected chi connectivity index (χ0v) is 17.0. The molecule has 0 fully saturated rings. The van der Waals surface area contributed by atoms with E-state index in [1.165, 1.54) is 22.9 Å². The molecule has 3 heterocycles. The minimum Gasteiger partial charge on any atom is -0.486 e. The van der Waals surface area contributed by atoms with Gasteiger partial charge in [-0.05, 0) is 36.1 Å². The lowest BCUT2D eigenvalue weighted by molar-refractivity contribution is 0.171. The molecule has 3 aromatic rings. The Balaban J connectivity index is 1.38. The van der Waals surface area contributed by atoms with E-state index in [4.69, 9.17) is 9.47 Å². The Kier molecular flexibility index (Phi) is 5.65. The van der Waals surface area contributed by atoms with Crippen LogP contribution in [0, 0.1) is 0 Å². The molecule has 1 N–H and O–H groups in total. The van der Waals surface area contributed by atoms with E-state index in [0.717, 1.165) is 10.6 Å². The number of hydrogen-bond donors (Lipinski definition) is 1. The Labute approximate surface area is 171 Å². The lowest BCUT2D eigenvalue weighted by Gasteiger charge is -2.18. The van der Waals surface area contributed by atoms with Crippen molar-refractivity contribution in [2.24, 2.45) is 0 Å². The third kappa shape index (κ3) is 4.50. The Morgan fingerprint density at radius 2 is 1.93 bits per heavy atom. The van der Waals surface area contributed by atoms with Gasteiger partial charge in [0.25, 0.3) is 5.56 Å². The van der Waals surface area contributed by atoms with E-state index in [0.29, 0.717) is 37.7 Å². The predicted octanol–water partition coefficient (Wildman–Crippen LogP) is 2.11. The topological polar surface area (TPSA) is 99.5 Å². The molecule has 0 atom stereocenters. The van der Waals surface area contributed by atoms with Gasteiger partial charge in [-0.15, -0.1) is 11.3 Å². The smallest absolute Gasteiger partial charge is 0.266 e. The molecular weight excluding hydrogens is 414 g/mol. The first kappa shape index (κ1) is 19.6. The van der Waals surface area contributed by atoms with Crippen LogP contribution in [0.4, 0.5) is 0 Å². The second-order valence-corrected chi connectivity index (χ2v) is 9.03. The highest BCUT2D eigenvalue weighted by molar-refractivity contribution is 7.89. The Hall–Kier alpha value is -2.69. The molecule has 1 aliphatic heterocycles. The van der Waals surface area contributed by atoms with Crippen molar-refractivity contribution in [3.63, 3.8) is 0 Å². The molecule has 0 spiro atoms. The maximum absolute atomic E-state index is 12.5. The maximum atomic E-state index is 12.5. The van der Waals surface area contributed by atoms with Crippen LogP contribution in [-0.2, 0) is 16.6 Å². The Morgan fingerprint density at radius 1 is 1.10 bits per heavy atom. The predicted molar refractivity (Wildman–Crippen MR) is 109 cm³/mol. The summed E-state index contributed by atoms with van der Waals surface area (Å²) in [6.45, 7) is 1.31. The standard InChI is InChI=1S/C19H19N3O5S2/c23-19-7-5-15(18-3-1-12-28-18)21-22(19)9-2-8-20-29(24,25)14-4-6-16-17(13-14)27-11-10-26-16/h1,3-7,12-13,20H,2,8-11H2. The number of ether oxygens (including phenoxy) is 2. The van der Waals surface area contributed by atoms with Crippen molar-refractivity contribution >= 4 is 21.4 Å². The van der Waals surface area contributed by atoms with E-state index < -0.39 is 10.0 Å². The van der Waals surface area contributed by atoms with Crippen LogP contribution in [0.5, 0.6) is 11.5 Å². The highest BCUT2D eigenvalue weighted by atomic mass is 32.2. The summed E-state index contributed by atoms with van der Waals surface area (Å²) >= 11 is 1.54. The first-order valence-electron chi connectivity index (χ1n) is 9.04. The van der Waals surface area contributed by atoms with Gasteiger partial charge in [-0.2, -0.15) is 5.10 Å². The number of aryl methyl sites for hydroxylation is 1. The molecule has 0 radical (unpaired) electrons. The van der Waals surface area contributed by atoms with Gasteiger partial charge in [0.05, 0.1) is 9.77 Å². The molecule has 1 aliphatic rings. The number of thiophene rings is 1. The second kappa shape index (κ2) is 8.36. The molecule has 8 nitrogen and oxygen atoms in total. The van der Waals surface area contributed by atoms with E-state index in [-0.39, 0.29) is 17.0 Å². The molecule has 4 rings (SSSR count). The normalized spacial score (nSPS) is 13.4. The number of aromatic nitrogens is 2. The van der Waals surface area contributed by atoms with Crippen LogP contribution >= 0.6 is 11.3 Å². The van der Waals surface area contributed by atoms with Crippen LogP contribution in [0.3, 0.4) is 0 Å². The van der Waals surface area contributed by atoms with Crippen LogP contribution in [0.2, 0.25) is 0 Å². The van der Waals surface area contributed by atoms with Gasteiger partial charge in [-0.25, -0.2) is 17.8 Å². The van der Waals surface area contributed by atoms with Gasteiger partial charge in [0, 0.05) is 25.2 Å². The average molecular weight is 434 g/mol. The number of sulfonamides is 1. The summed E-state index contributed by atoms with van der Waals surface area (Å²) < 4.78 is 39.8. The van der Waals surface area contributed by atoms with Gasteiger partial charge in [0.15, 0.2) is 11.5 Å². The van der Waals surface area contributed by atoms with Crippen molar-refractivity contribution in [2.45, 2.75) is 17.9 Å². The molecule has 10 heteroatoms. The van der Waals surface area contributed by atoms with Gasteiger partial charge in [-0.3, -0.25) is 4.79 Å². The summed E-state index contributed by atoms with van der Waals surface area (Å²) in [4.78, 5) is 13.1. The third-order valence-corrected chi connectivity index (χ3v) is 6.65. The summed E-state index contributed by atoms with van der Waals surface area (Å²) in [5.74, 6) is 0.951. The average Bonchev–Trinajstić information content (AvgIpc) is 3.27. The van der Waals surface area contributed by atoms with Crippen molar-refractivity contribution in [3.8, 4) is 22.1 Å². The first-order valence-corrected chi connectivity index (χ1v) is 11.4. The first-order chi connectivity index (χ1) is 14.0. The molecule has 2 aromatic heterocycles. The van der Waals surface area contributed by atoms with Gasteiger partial charge in [0.2, 0.25) is 10.0 Å². The van der Waals surface area contributed by atoms with Crippen molar-refractivity contribution in [3.05, 3.63) is 58.2 Å². The Morgan fingerprint density at radius 3 is 2.72 bits per heavy atom. The highest BCUT2D eigenvalue weighted by Gasteiger charge is 2.19. The van der Waals surface area contributed by atoms with Crippen molar-refractivity contribution in [1.29, 1.82) is 0 Å². The third-order valence-electron chi connectivity index (χ3n) is 4.30. The molecule has 0 unspecified atom stereocenters. The highest BCUT2D eigenvalue weighted by Crippen LogP contribution is 2.32. The Bertz CT molecular complexity index is 1160. The van der Waals surface area contributed by atoms with E-state index in [1.807, 2.05) is 17.5 Å². The summed E-state index contributed by atoms with van der Waals surface area (Å²) in [6.07, 6.45) is 0.421. The molecule has 0 saturated heterocycles. The second-order valence-electron chi connectivity index (χ2n) is 6.31. The molecule has 0 bridgehead atoms. The van der Waals surface area contributed by atoms with Crippen LogP contribution in [0.25, 0.3) is 10.6 Å².